The van der Waals surface area contributed by atoms with Crippen LogP contribution in [0.25, 0.3) is 10.1 Å². The van der Waals surface area contributed by atoms with Crippen LogP contribution >= 0.6 is 11.3 Å². The Morgan fingerprint density at radius 1 is 1.07 bits per heavy atom. The molecule has 30 heavy (non-hydrogen) atoms. The molecule has 0 N–H and O–H groups in total. The summed E-state index contributed by atoms with van der Waals surface area (Å²) >= 11 is 1.30. The normalized spacial score (nSPS) is 18.4. The van der Waals surface area contributed by atoms with E-state index in [1.165, 1.54) is 11.3 Å². The molecular weight excluding hydrogens is 420 g/mol. The van der Waals surface area contributed by atoms with Crippen molar-refractivity contribution in [1.29, 1.82) is 0 Å². The highest BCUT2D eigenvalue weighted by atomic mass is 32.2. The zero-order valence-electron chi connectivity index (χ0n) is 16.6. The number of sulfonamides is 1. The molecule has 6 nitrogen and oxygen atoms in total. The van der Waals surface area contributed by atoms with Crippen LogP contribution in [-0.4, -0.2) is 37.9 Å². The van der Waals surface area contributed by atoms with Crippen molar-refractivity contribution in [3.63, 3.8) is 0 Å². The molecule has 0 unspecified atom stereocenters. The lowest BCUT2D eigenvalue weighted by Gasteiger charge is -2.39. The van der Waals surface area contributed by atoms with E-state index in [0.717, 1.165) is 26.9 Å². The minimum atomic E-state index is -3.54. The number of cyclic esters (lactones) is 1. The van der Waals surface area contributed by atoms with Crippen LogP contribution in [0.5, 0.6) is 0 Å². The Labute approximate surface area is 179 Å². The summed E-state index contributed by atoms with van der Waals surface area (Å²) in [6.07, 6.45) is 0.802. The van der Waals surface area contributed by atoms with Gasteiger partial charge in [-0.2, -0.15) is 4.31 Å². The fraction of sp³-hybridized carbons (Fsp3) is 0.318. The third-order valence-corrected chi connectivity index (χ3v) is 9.29. The minimum Gasteiger partial charge on any atom is -0.444 e. The second kappa shape index (κ2) is 7.37. The first-order chi connectivity index (χ1) is 14.4. The van der Waals surface area contributed by atoms with Gasteiger partial charge >= 0.3 is 6.09 Å². The quantitative estimate of drug-likeness (QED) is 0.598. The zero-order valence-corrected chi connectivity index (χ0v) is 18.2. The number of amides is 1. The minimum absolute atomic E-state index is 0.0758. The van der Waals surface area contributed by atoms with Crippen molar-refractivity contribution in [3.05, 3.63) is 59.7 Å². The summed E-state index contributed by atoms with van der Waals surface area (Å²) in [7, 11) is -3.54. The molecule has 0 bridgehead atoms. The highest BCUT2D eigenvalue weighted by molar-refractivity contribution is 7.91. The predicted octanol–water partition coefficient (Wildman–Crippen LogP) is 4.52. The van der Waals surface area contributed by atoms with Gasteiger partial charge in [-0.25, -0.2) is 13.2 Å². The molecule has 0 atom stereocenters. The van der Waals surface area contributed by atoms with Crippen molar-refractivity contribution in [3.8, 4) is 0 Å². The summed E-state index contributed by atoms with van der Waals surface area (Å²) in [5.41, 5.74) is 2.99. The molecule has 3 heterocycles. The number of rotatable bonds is 3. The molecular formula is C22H22N2O4S2. The maximum atomic E-state index is 13.2. The molecule has 0 saturated carbocycles. The Bertz CT molecular complexity index is 1190. The molecule has 1 fully saturated rings. The number of thiophene rings is 1. The number of benzene rings is 2. The number of ether oxygens (including phenoxy) is 1. The largest absolute Gasteiger partial charge is 0.444 e. The van der Waals surface area contributed by atoms with Crippen LogP contribution in [-0.2, 0) is 21.4 Å². The number of carbonyl (C=O) groups excluding carboxylic acids is 1. The zero-order chi connectivity index (χ0) is 20.9. The van der Waals surface area contributed by atoms with Crippen LogP contribution in [0.2, 0.25) is 0 Å². The third kappa shape index (κ3) is 3.29. The molecule has 1 saturated heterocycles. The predicted molar refractivity (Wildman–Crippen MR) is 117 cm³/mol. The van der Waals surface area contributed by atoms with Gasteiger partial charge in [0.15, 0.2) is 0 Å². The lowest BCUT2D eigenvalue weighted by Crippen LogP contribution is -2.50. The maximum Gasteiger partial charge on any atom is 0.414 e. The van der Waals surface area contributed by atoms with Gasteiger partial charge in [-0.1, -0.05) is 35.9 Å². The Morgan fingerprint density at radius 3 is 2.60 bits per heavy atom. The van der Waals surface area contributed by atoms with Crippen molar-refractivity contribution in [1.82, 2.24) is 4.31 Å². The molecule has 2 aliphatic rings. The molecule has 5 rings (SSSR count). The average molecular weight is 443 g/mol. The van der Waals surface area contributed by atoms with Crippen LogP contribution in [0.4, 0.5) is 10.5 Å². The Morgan fingerprint density at radius 2 is 1.83 bits per heavy atom. The molecule has 3 aromatic rings. The summed E-state index contributed by atoms with van der Waals surface area (Å²) in [5, 5.41) is 0.943. The molecule has 0 radical (unpaired) electrons. The van der Waals surface area contributed by atoms with Crippen LogP contribution in [0, 0.1) is 6.92 Å². The van der Waals surface area contributed by atoms with Crippen molar-refractivity contribution in [2.24, 2.45) is 0 Å². The fourth-order valence-electron chi connectivity index (χ4n) is 4.27. The standard InChI is InChI=1S/C22H22N2O4S2/c1-15-6-7-19-17(12-15)14-28-22(25)24(19)18-8-10-23(11-9-18)30(26,27)21-13-16-4-2-3-5-20(16)29-21/h2-7,12-13,18H,8-11,14H2,1H3. The number of hydrogen-bond acceptors (Lipinski definition) is 5. The van der Waals surface area contributed by atoms with Crippen molar-refractivity contribution in [2.75, 3.05) is 18.0 Å². The van der Waals surface area contributed by atoms with Crippen LogP contribution in [0.15, 0.2) is 52.7 Å². The highest BCUT2D eigenvalue weighted by Gasteiger charge is 2.37. The third-order valence-electron chi connectivity index (χ3n) is 5.83. The molecule has 2 aliphatic heterocycles. The molecule has 0 aliphatic carbocycles. The number of anilines is 1. The van der Waals surface area contributed by atoms with Gasteiger partial charge in [0, 0.05) is 29.4 Å². The second-order valence-electron chi connectivity index (χ2n) is 7.80. The number of carbonyl (C=O) groups is 1. The van der Waals surface area contributed by atoms with Gasteiger partial charge in [0.05, 0.1) is 5.69 Å². The SMILES string of the molecule is Cc1ccc2c(c1)COC(=O)N2C1CCN(S(=O)(=O)c2cc3ccccc3s2)CC1. The number of fused-ring (bicyclic) bond motifs is 2. The highest BCUT2D eigenvalue weighted by Crippen LogP contribution is 2.35. The lowest BCUT2D eigenvalue weighted by molar-refractivity contribution is 0.135. The molecule has 8 heteroatoms. The van der Waals surface area contributed by atoms with Crippen molar-refractivity contribution < 1.29 is 17.9 Å². The fourth-order valence-corrected chi connectivity index (χ4v) is 7.29. The van der Waals surface area contributed by atoms with E-state index in [4.69, 9.17) is 4.74 Å². The number of nitrogens with zero attached hydrogens (tertiary/aromatic N) is 2. The van der Waals surface area contributed by atoms with E-state index in [1.807, 2.05) is 49.4 Å². The summed E-state index contributed by atoms with van der Waals surface area (Å²) in [5.74, 6) is 0. The van der Waals surface area contributed by atoms with E-state index in [-0.39, 0.29) is 18.7 Å². The summed E-state index contributed by atoms with van der Waals surface area (Å²) in [6, 6.07) is 15.4. The van der Waals surface area contributed by atoms with Crippen LogP contribution < -0.4 is 4.90 Å². The van der Waals surface area contributed by atoms with Crippen molar-refractivity contribution in [2.45, 2.75) is 36.6 Å². The van der Waals surface area contributed by atoms with Gasteiger partial charge in [-0.05, 0) is 43.4 Å². The molecule has 0 spiro atoms. The van der Waals surface area contributed by atoms with Gasteiger partial charge in [0.2, 0.25) is 0 Å². The Hall–Kier alpha value is -2.42. The molecule has 1 amide bonds. The Balaban J connectivity index is 1.36. The first kappa shape index (κ1) is 19.5. The topological polar surface area (TPSA) is 66.9 Å². The first-order valence-corrected chi connectivity index (χ1v) is 12.2. The van der Waals surface area contributed by atoms with Crippen LogP contribution in [0.3, 0.4) is 0 Å². The van der Waals surface area contributed by atoms with E-state index < -0.39 is 10.0 Å². The van der Waals surface area contributed by atoms with E-state index in [2.05, 4.69) is 0 Å². The molecule has 2 aromatic carbocycles. The number of hydrogen-bond donors (Lipinski definition) is 0. The van der Waals surface area contributed by atoms with Gasteiger partial charge in [0.1, 0.15) is 10.8 Å². The Kier molecular flexibility index (Phi) is 4.80. The molecule has 1 aromatic heterocycles. The summed E-state index contributed by atoms with van der Waals surface area (Å²) in [4.78, 5) is 14.2. The van der Waals surface area contributed by atoms with Gasteiger partial charge in [-0.3, -0.25) is 4.90 Å². The first-order valence-electron chi connectivity index (χ1n) is 9.98. The number of piperidine rings is 1. The van der Waals surface area contributed by atoms with E-state index in [9.17, 15) is 13.2 Å². The van der Waals surface area contributed by atoms with Crippen LogP contribution in [0.1, 0.15) is 24.0 Å². The van der Waals surface area contributed by atoms with E-state index >= 15 is 0 Å². The monoisotopic (exact) mass is 442 g/mol. The number of aryl methyl sites for hydroxylation is 1. The lowest BCUT2D eigenvalue weighted by atomic mass is 10.0. The maximum absolute atomic E-state index is 13.2. The van der Waals surface area contributed by atoms with Gasteiger partial charge in [-0.15, -0.1) is 11.3 Å². The van der Waals surface area contributed by atoms with E-state index in [0.29, 0.717) is 30.1 Å². The van der Waals surface area contributed by atoms with Gasteiger partial charge in [0.25, 0.3) is 10.0 Å². The smallest absolute Gasteiger partial charge is 0.414 e. The van der Waals surface area contributed by atoms with E-state index in [1.54, 1.807) is 15.3 Å². The average Bonchev–Trinajstić information content (AvgIpc) is 3.19. The molecule has 156 valence electrons. The summed E-state index contributed by atoms with van der Waals surface area (Å²) < 4.78 is 34.6. The summed E-state index contributed by atoms with van der Waals surface area (Å²) in [6.45, 7) is 3.06. The van der Waals surface area contributed by atoms with Crippen molar-refractivity contribution >= 4 is 43.2 Å². The van der Waals surface area contributed by atoms with Gasteiger partial charge < -0.3 is 4.74 Å². The second-order valence-corrected chi connectivity index (χ2v) is 11.0.